The van der Waals surface area contributed by atoms with Gasteiger partial charge in [-0.25, -0.2) is 5.43 Å². The summed E-state index contributed by atoms with van der Waals surface area (Å²) >= 11 is 0. The first-order valence-corrected chi connectivity index (χ1v) is 6.68. The minimum atomic E-state index is -0.254. The molecule has 1 N–H and O–H groups in total. The summed E-state index contributed by atoms with van der Waals surface area (Å²) in [5, 5.41) is 3.99. The lowest BCUT2D eigenvalue weighted by Crippen LogP contribution is -2.17. The van der Waals surface area contributed by atoms with Gasteiger partial charge in [0, 0.05) is 12.4 Å². The zero-order valence-electron chi connectivity index (χ0n) is 11.0. The Bertz CT molecular complexity index is 650. The number of rotatable bonds is 3. The second kappa shape index (κ2) is 5.65. The number of nitrogens with zero attached hydrogens (tertiary/aromatic N) is 2. The average molecular weight is 265 g/mol. The lowest BCUT2D eigenvalue weighted by molar-refractivity contribution is 0.0955. The Morgan fingerprint density at radius 1 is 1.25 bits per heavy atom. The van der Waals surface area contributed by atoms with Crippen molar-refractivity contribution >= 4 is 12.1 Å². The number of carbonyl (C=O) groups is 1. The van der Waals surface area contributed by atoms with Gasteiger partial charge in [0.25, 0.3) is 5.91 Å². The molecule has 1 aromatic heterocycles. The summed E-state index contributed by atoms with van der Waals surface area (Å²) in [4.78, 5) is 15.7. The summed E-state index contributed by atoms with van der Waals surface area (Å²) in [6, 6.07) is 9.74. The van der Waals surface area contributed by atoms with Crippen LogP contribution in [0, 0.1) is 0 Å². The van der Waals surface area contributed by atoms with Crippen LogP contribution in [-0.4, -0.2) is 17.1 Å². The lowest BCUT2D eigenvalue weighted by atomic mass is 10.1. The van der Waals surface area contributed by atoms with Crippen molar-refractivity contribution in [1.82, 2.24) is 10.4 Å². The van der Waals surface area contributed by atoms with E-state index >= 15 is 0 Å². The van der Waals surface area contributed by atoms with E-state index in [1.165, 1.54) is 30.2 Å². The molecule has 0 bridgehead atoms. The number of pyridine rings is 1. The number of aromatic nitrogens is 1. The second-order valence-corrected chi connectivity index (χ2v) is 4.82. The van der Waals surface area contributed by atoms with Crippen LogP contribution in [0.25, 0.3) is 0 Å². The van der Waals surface area contributed by atoms with Gasteiger partial charge in [0.1, 0.15) is 0 Å². The van der Waals surface area contributed by atoms with Crippen LogP contribution >= 0.6 is 0 Å². The normalized spacial score (nSPS) is 13.4. The molecule has 1 aromatic carbocycles. The van der Waals surface area contributed by atoms with Crippen LogP contribution in [0.3, 0.4) is 0 Å². The van der Waals surface area contributed by atoms with Crippen LogP contribution < -0.4 is 5.43 Å². The molecule has 0 aliphatic heterocycles. The summed E-state index contributed by atoms with van der Waals surface area (Å²) < 4.78 is 0. The van der Waals surface area contributed by atoms with Crippen LogP contribution in [0.4, 0.5) is 0 Å². The van der Waals surface area contributed by atoms with E-state index in [0.29, 0.717) is 5.56 Å². The molecule has 0 spiro atoms. The van der Waals surface area contributed by atoms with Crippen LogP contribution in [0.15, 0.2) is 47.8 Å². The van der Waals surface area contributed by atoms with Crippen molar-refractivity contribution in [2.75, 3.05) is 0 Å². The van der Waals surface area contributed by atoms with Crippen LogP contribution in [-0.2, 0) is 12.8 Å². The Labute approximate surface area is 117 Å². The molecular formula is C16H15N3O. The van der Waals surface area contributed by atoms with E-state index in [-0.39, 0.29) is 5.91 Å². The third-order valence-electron chi connectivity index (χ3n) is 3.43. The average Bonchev–Trinajstić information content (AvgIpc) is 2.95. The fourth-order valence-corrected chi connectivity index (χ4v) is 2.40. The zero-order valence-corrected chi connectivity index (χ0v) is 11.0. The standard InChI is InChI=1S/C16H15N3O/c20-16(15-5-2-8-17-11-15)19-18-10-12-6-7-13-3-1-4-14(13)9-12/h2,5-11H,1,3-4H2,(H,19,20)/b18-10+. The van der Waals surface area contributed by atoms with Crippen LogP contribution in [0.5, 0.6) is 0 Å². The molecule has 0 atom stereocenters. The van der Waals surface area contributed by atoms with Gasteiger partial charge in [0.05, 0.1) is 11.8 Å². The number of benzene rings is 1. The fraction of sp³-hybridized carbons (Fsp3) is 0.188. The van der Waals surface area contributed by atoms with Gasteiger partial charge in [-0.15, -0.1) is 0 Å². The van der Waals surface area contributed by atoms with E-state index < -0.39 is 0 Å². The van der Waals surface area contributed by atoms with Gasteiger partial charge in [-0.1, -0.05) is 12.1 Å². The maximum Gasteiger partial charge on any atom is 0.272 e. The number of hydrazone groups is 1. The van der Waals surface area contributed by atoms with Crippen LogP contribution in [0.1, 0.15) is 33.5 Å². The maximum atomic E-state index is 11.8. The smallest absolute Gasteiger partial charge is 0.267 e. The van der Waals surface area contributed by atoms with E-state index in [1.54, 1.807) is 24.5 Å². The molecule has 100 valence electrons. The molecule has 1 amide bonds. The molecular weight excluding hydrogens is 250 g/mol. The molecule has 20 heavy (non-hydrogen) atoms. The van der Waals surface area contributed by atoms with Crippen molar-refractivity contribution in [2.45, 2.75) is 19.3 Å². The highest BCUT2D eigenvalue weighted by Gasteiger charge is 2.10. The molecule has 0 fully saturated rings. The molecule has 0 saturated carbocycles. The van der Waals surface area contributed by atoms with Gasteiger partial charge in [0.15, 0.2) is 0 Å². The lowest BCUT2D eigenvalue weighted by Gasteiger charge is -2.01. The third-order valence-corrected chi connectivity index (χ3v) is 3.43. The highest BCUT2D eigenvalue weighted by molar-refractivity contribution is 5.94. The molecule has 4 nitrogen and oxygen atoms in total. The van der Waals surface area contributed by atoms with Crippen molar-refractivity contribution in [3.63, 3.8) is 0 Å². The van der Waals surface area contributed by atoms with Crippen molar-refractivity contribution in [3.8, 4) is 0 Å². The van der Waals surface area contributed by atoms with Crippen molar-refractivity contribution < 1.29 is 4.79 Å². The summed E-state index contributed by atoms with van der Waals surface area (Å²) in [5.41, 5.74) is 6.84. The maximum absolute atomic E-state index is 11.8. The van der Waals surface area contributed by atoms with Crippen molar-refractivity contribution in [3.05, 3.63) is 65.0 Å². The molecule has 0 unspecified atom stereocenters. The Kier molecular flexibility index (Phi) is 3.54. The molecule has 1 aliphatic rings. The van der Waals surface area contributed by atoms with Gasteiger partial charge in [-0.05, 0) is 54.2 Å². The summed E-state index contributed by atoms with van der Waals surface area (Å²) in [6.07, 6.45) is 8.36. The number of hydrogen-bond acceptors (Lipinski definition) is 3. The summed E-state index contributed by atoms with van der Waals surface area (Å²) in [6.45, 7) is 0. The zero-order chi connectivity index (χ0) is 13.8. The Morgan fingerprint density at radius 2 is 2.15 bits per heavy atom. The number of nitrogens with one attached hydrogen (secondary N) is 1. The molecule has 0 saturated heterocycles. The number of aryl methyl sites for hydroxylation is 2. The molecule has 3 rings (SSSR count). The van der Waals surface area contributed by atoms with E-state index in [9.17, 15) is 4.79 Å². The minimum Gasteiger partial charge on any atom is -0.267 e. The monoisotopic (exact) mass is 265 g/mol. The number of amides is 1. The van der Waals surface area contributed by atoms with Gasteiger partial charge in [0.2, 0.25) is 0 Å². The molecule has 4 heteroatoms. The van der Waals surface area contributed by atoms with Gasteiger partial charge in [-0.2, -0.15) is 5.10 Å². The molecule has 0 radical (unpaired) electrons. The second-order valence-electron chi connectivity index (χ2n) is 4.82. The number of carbonyl (C=O) groups excluding carboxylic acids is 1. The predicted molar refractivity (Wildman–Crippen MR) is 77.8 cm³/mol. The highest BCUT2D eigenvalue weighted by Crippen LogP contribution is 2.22. The number of fused-ring (bicyclic) bond motifs is 1. The van der Waals surface area contributed by atoms with Crippen molar-refractivity contribution in [2.24, 2.45) is 5.10 Å². The number of hydrogen-bond donors (Lipinski definition) is 1. The minimum absolute atomic E-state index is 0.254. The Balaban J connectivity index is 1.65. The SMILES string of the molecule is O=C(N/N=C/c1ccc2c(c1)CCC2)c1cccnc1. The first-order chi connectivity index (χ1) is 9.83. The van der Waals surface area contributed by atoms with E-state index in [0.717, 1.165) is 12.0 Å². The summed E-state index contributed by atoms with van der Waals surface area (Å²) in [7, 11) is 0. The fourth-order valence-electron chi connectivity index (χ4n) is 2.40. The van der Waals surface area contributed by atoms with Crippen LogP contribution in [0.2, 0.25) is 0 Å². The molecule has 2 aromatic rings. The largest absolute Gasteiger partial charge is 0.272 e. The highest BCUT2D eigenvalue weighted by atomic mass is 16.2. The van der Waals surface area contributed by atoms with Crippen molar-refractivity contribution in [1.29, 1.82) is 0 Å². The van der Waals surface area contributed by atoms with E-state index in [1.807, 2.05) is 6.07 Å². The molecule has 1 aliphatic carbocycles. The first-order valence-electron chi connectivity index (χ1n) is 6.68. The Morgan fingerprint density at radius 3 is 3.00 bits per heavy atom. The Hall–Kier alpha value is -2.49. The quantitative estimate of drug-likeness (QED) is 0.684. The van der Waals surface area contributed by atoms with Gasteiger partial charge >= 0.3 is 0 Å². The van der Waals surface area contributed by atoms with E-state index in [4.69, 9.17) is 0 Å². The summed E-state index contributed by atoms with van der Waals surface area (Å²) in [5.74, 6) is -0.254. The van der Waals surface area contributed by atoms with E-state index in [2.05, 4.69) is 27.6 Å². The first kappa shape index (κ1) is 12.5. The molecule has 1 heterocycles. The predicted octanol–water partition coefficient (Wildman–Crippen LogP) is 2.33. The van der Waals surface area contributed by atoms with Gasteiger partial charge in [-0.3, -0.25) is 9.78 Å². The third kappa shape index (κ3) is 2.74. The van der Waals surface area contributed by atoms with Gasteiger partial charge < -0.3 is 0 Å². The topological polar surface area (TPSA) is 54.4 Å².